The predicted octanol–water partition coefficient (Wildman–Crippen LogP) is 3.12. The van der Waals surface area contributed by atoms with Crippen molar-refractivity contribution in [1.82, 2.24) is 18.9 Å². The molecule has 0 aliphatic carbocycles. The summed E-state index contributed by atoms with van der Waals surface area (Å²) in [5.41, 5.74) is 1.55. The van der Waals surface area contributed by atoms with Gasteiger partial charge >= 0.3 is 0 Å². The van der Waals surface area contributed by atoms with Gasteiger partial charge in [-0.1, -0.05) is 11.3 Å². The maximum absolute atomic E-state index is 13.1. The van der Waals surface area contributed by atoms with Gasteiger partial charge in [0.05, 0.1) is 23.9 Å². The zero-order valence-electron chi connectivity index (χ0n) is 17.2. The minimum absolute atomic E-state index is 0.257. The molecule has 0 N–H and O–H groups in total. The molecule has 11 heteroatoms. The maximum atomic E-state index is 13.1. The highest BCUT2D eigenvalue weighted by Gasteiger charge is 2.29. The van der Waals surface area contributed by atoms with Crippen molar-refractivity contribution in [2.75, 3.05) is 38.2 Å². The van der Waals surface area contributed by atoms with Crippen molar-refractivity contribution in [3.63, 3.8) is 0 Å². The second kappa shape index (κ2) is 8.15. The molecule has 0 saturated carbocycles. The number of imidazole rings is 1. The number of methoxy groups -OCH3 is 1. The van der Waals surface area contributed by atoms with Crippen LogP contribution in [0.25, 0.3) is 16.2 Å². The van der Waals surface area contributed by atoms with Crippen molar-refractivity contribution in [3.05, 3.63) is 60.5 Å². The Morgan fingerprint density at radius 1 is 1.00 bits per heavy atom. The zero-order chi connectivity index (χ0) is 22.3. The van der Waals surface area contributed by atoms with Gasteiger partial charge in [-0.25, -0.2) is 22.3 Å². The number of sulfonamides is 1. The standard InChI is InChI=1S/C21H20FN5O3S2/c1-30-17-6-8-18(9-7-17)32(28,29)26-12-10-25(11-13-26)21-24-27-14-19(23-20(27)31-21)15-2-4-16(22)5-3-15/h2-9,14H,10-13H2,1H3. The Hall–Kier alpha value is -3.02. The smallest absolute Gasteiger partial charge is 0.243 e. The van der Waals surface area contributed by atoms with Crippen molar-refractivity contribution in [3.8, 4) is 17.0 Å². The van der Waals surface area contributed by atoms with Gasteiger partial charge in [0.1, 0.15) is 11.6 Å². The number of hydrogen-bond donors (Lipinski definition) is 0. The summed E-state index contributed by atoms with van der Waals surface area (Å²) in [6.45, 7) is 1.82. The molecule has 2 aromatic carbocycles. The number of rotatable bonds is 5. The summed E-state index contributed by atoms with van der Waals surface area (Å²) in [6.07, 6.45) is 1.81. The van der Waals surface area contributed by atoms with Gasteiger partial charge in [-0.05, 0) is 48.5 Å². The average molecular weight is 474 g/mol. The van der Waals surface area contributed by atoms with Crippen molar-refractivity contribution >= 4 is 31.5 Å². The van der Waals surface area contributed by atoms with Crippen LogP contribution in [0.1, 0.15) is 0 Å². The largest absolute Gasteiger partial charge is 0.497 e. The number of piperazine rings is 1. The molecule has 0 unspecified atom stereocenters. The summed E-state index contributed by atoms with van der Waals surface area (Å²) < 4.78 is 47.3. The lowest BCUT2D eigenvalue weighted by Gasteiger charge is -2.33. The first-order valence-corrected chi connectivity index (χ1v) is 12.2. The molecule has 1 aliphatic rings. The number of ether oxygens (including phenoxy) is 1. The van der Waals surface area contributed by atoms with E-state index in [1.54, 1.807) is 48.0 Å². The van der Waals surface area contributed by atoms with Gasteiger partial charge in [-0.3, -0.25) is 0 Å². The fourth-order valence-corrected chi connectivity index (χ4v) is 5.95. The quantitative estimate of drug-likeness (QED) is 0.443. The average Bonchev–Trinajstić information content (AvgIpc) is 3.39. The molecule has 0 bridgehead atoms. The molecule has 5 rings (SSSR count). The highest BCUT2D eigenvalue weighted by molar-refractivity contribution is 7.89. The van der Waals surface area contributed by atoms with Gasteiger partial charge in [0.2, 0.25) is 20.1 Å². The van der Waals surface area contributed by atoms with Crippen LogP contribution >= 0.6 is 11.3 Å². The minimum Gasteiger partial charge on any atom is -0.497 e. The van der Waals surface area contributed by atoms with Crippen LogP contribution in [0.3, 0.4) is 0 Å². The number of nitrogens with zero attached hydrogens (tertiary/aromatic N) is 5. The van der Waals surface area contributed by atoms with Gasteiger partial charge in [0.15, 0.2) is 0 Å². The molecule has 32 heavy (non-hydrogen) atoms. The third kappa shape index (κ3) is 3.83. The fourth-order valence-electron chi connectivity index (χ4n) is 3.59. The molecule has 2 aromatic heterocycles. The van der Waals surface area contributed by atoms with E-state index in [4.69, 9.17) is 4.74 Å². The first-order chi connectivity index (χ1) is 15.4. The minimum atomic E-state index is -3.56. The van der Waals surface area contributed by atoms with Crippen molar-refractivity contribution < 1.29 is 17.5 Å². The van der Waals surface area contributed by atoms with Gasteiger partial charge in [0.25, 0.3) is 0 Å². The van der Waals surface area contributed by atoms with Crippen molar-refractivity contribution in [2.24, 2.45) is 0 Å². The van der Waals surface area contributed by atoms with Crippen LogP contribution in [0.5, 0.6) is 5.75 Å². The second-order valence-electron chi connectivity index (χ2n) is 7.31. The molecule has 0 atom stereocenters. The molecular formula is C21H20FN5O3S2. The SMILES string of the molecule is COc1ccc(S(=O)(=O)N2CCN(c3nn4cc(-c5ccc(F)cc5)nc4s3)CC2)cc1. The fraction of sp³-hybridized carbons (Fsp3) is 0.238. The van der Waals surface area contributed by atoms with Crippen LogP contribution in [-0.2, 0) is 10.0 Å². The van der Waals surface area contributed by atoms with Gasteiger partial charge in [0, 0.05) is 31.7 Å². The van der Waals surface area contributed by atoms with E-state index in [2.05, 4.69) is 15.0 Å². The summed E-state index contributed by atoms with van der Waals surface area (Å²) in [6, 6.07) is 12.6. The van der Waals surface area contributed by atoms with Crippen molar-refractivity contribution in [2.45, 2.75) is 4.90 Å². The molecule has 4 aromatic rings. The topological polar surface area (TPSA) is 80.0 Å². The predicted molar refractivity (Wildman–Crippen MR) is 120 cm³/mol. The number of hydrogen-bond acceptors (Lipinski definition) is 7. The van der Waals surface area contributed by atoms with Gasteiger partial charge < -0.3 is 9.64 Å². The Labute approximate surface area is 188 Å². The highest BCUT2D eigenvalue weighted by atomic mass is 32.2. The summed E-state index contributed by atoms with van der Waals surface area (Å²) in [7, 11) is -2.01. The van der Waals surface area contributed by atoms with E-state index in [-0.39, 0.29) is 10.7 Å². The monoisotopic (exact) mass is 473 g/mol. The highest BCUT2D eigenvalue weighted by Crippen LogP contribution is 2.28. The van der Waals surface area contributed by atoms with E-state index >= 15 is 0 Å². The summed E-state index contributed by atoms with van der Waals surface area (Å²) in [5.74, 6) is 0.327. The third-order valence-electron chi connectivity index (χ3n) is 5.38. The molecule has 0 spiro atoms. The third-order valence-corrected chi connectivity index (χ3v) is 8.28. The van der Waals surface area contributed by atoms with E-state index < -0.39 is 10.0 Å². The molecule has 8 nitrogen and oxygen atoms in total. The van der Waals surface area contributed by atoms with E-state index in [1.807, 2.05) is 6.20 Å². The lowest BCUT2D eigenvalue weighted by molar-refractivity contribution is 0.384. The van der Waals surface area contributed by atoms with Crippen LogP contribution in [0.15, 0.2) is 59.6 Å². The van der Waals surface area contributed by atoms with E-state index in [0.717, 1.165) is 21.3 Å². The van der Waals surface area contributed by atoms with Gasteiger partial charge in [-0.15, -0.1) is 5.10 Å². The molecule has 3 heterocycles. The first-order valence-electron chi connectivity index (χ1n) is 9.95. The van der Waals surface area contributed by atoms with E-state index in [9.17, 15) is 12.8 Å². The molecule has 1 aliphatic heterocycles. The Kier molecular flexibility index (Phi) is 5.31. The normalized spacial score (nSPS) is 15.4. The van der Waals surface area contributed by atoms with E-state index in [1.165, 1.54) is 27.8 Å². The number of halogens is 1. The van der Waals surface area contributed by atoms with Crippen molar-refractivity contribution in [1.29, 1.82) is 0 Å². The Morgan fingerprint density at radius 3 is 2.31 bits per heavy atom. The number of aromatic nitrogens is 3. The first kappa shape index (κ1) is 20.9. The lowest BCUT2D eigenvalue weighted by atomic mass is 10.2. The lowest BCUT2D eigenvalue weighted by Crippen LogP contribution is -2.48. The summed E-state index contributed by atoms with van der Waals surface area (Å²) in [5, 5.41) is 5.40. The van der Waals surface area contributed by atoms with Crippen LogP contribution in [-0.4, -0.2) is 60.6 Å². The second-order valence-corrected chi connectivity index (χ2v) is 10.2. The Bertz CT molecular complexity index is 1310. The van der Waals surface area contributed by atoms with Crippen LogP contribution in [0, 0.1) is 5.82 Å². The Balaban J connectivity index is 1.28. The van der Waals surface area contributed by atoms with Crippen LogP contribution in [0.2, 0.25) is 0 Å². The summed E-state index contributed by atoms with van der Waals surface area (Å²) >= 11 is 1.44. The number of benzene rings is 2. The van der Waals surface area contributed by atoms with Crippen LogP contribution < -0.4 is 9.64 Å². The Morgan fingerprint density at radius 2 is 1.69 bits per heavy atom. The molecule has 166 valence electrons. The zero-order valence-corrected chi connectivity index (χ0v) is 18.8. The van der Waals surface area contributed by atoms with E-state index in [0.29, 0.717) is 31.9 Å². The maximum Gasteiger partial charge on any atom is 0.243 e. The summed E-state index contributed by atoms with van der Waals surface area (Å²) in [4.78, 5) is 7.64. The molecule has 1 fully saturated rings. The molecular weight excluding hydrogens is 453 g/mol. The van der Waals surface area contributed by atoms with Gasteiger partial charge in [-0.2, -0.15) is 4.31 Å². The number of anilines is 1. The van der Waals surface area contributed by atoms with Crippen LogP contribution in [0.4, 0.5) is 9.52 Å². The number of fused-ring (bicyclic) bond motifs is 1. The molecule has 0 amide bonds. The molecule has 0 radical (unpaired) electrons. The molecule has 1 saturated heterocycles.